The minimum atomic E-state index is -0.537. The van der Waals surface area contributed by atoms with E-state index in [4.69, 9.17) is 10.5 Å². The van der Waals surface area contributed by atoms with Gasteiger partial charge in [-0.25, -0.2) is 0 Å². The van der Waals surface area contributed by atoms with Crippen LogP contribution in [0, 0.1) is 10.1 Å². The van der Waals surface area contributed by atoms with Crippen LogP contribution in [0.3, 0.4) is 0 Å². The number of pyridine rings is 1. The molecule has 0 unspecified atom stereocenters. The Bertz CT molecular complexity index is 627. The molecule has 1 heterocycles. The molecule has 0 aliphatic rings. The predicted octanol–water partition coefficient (Wildman–Crippen LogP) is 2.66. The van der Waals surface area contributed by atoms with Crippen LogP contribution >= 0.6 is 0 Å². The highest BCUT2D eigenvalue weighted by Gasteiger charge is 2.10. The SMILES string of the molecule is Nc1cc([N+](=O)[O-])cc(OC/C=C/c2ccccc2)n1. The summed E-state index contributed by atoms with van der Waals surface area (Å²) in [6, 6.07) is 12.1. The molecule has 0 bridgehead atoms. The molecule has 0 spiro atoms. The Kier molecular flexibility index (Phi) is 4.28. The van der Waals surface area contributed by atoms with Gasteiger partial charge in [0.1, 0.15) is 12.4 Å². The van der Waals surface area contributed by atoms with Crippen molar-refractivity contribution in [3.8, 4) is 5.88 Å². The molecule has 6 nitrogen and oxygen atoms in total. The van der Waals surface area contributed by atoms with Crippen LogP contribution in [0.25, 0.3) is 6.08 Å². The van der Waals surface area contributed by atoms with Crippen LogP contribution in [0.5, 0.6) is 5.88 Å². The molecule has 0 saturated heterocycles. The maximum atomic E-state index is 10.7. The van der Waals surface area contributed by atoms with Crippen LogP contribution in [-0.2, 0) is 0 Å². The van der Waals surface area contributed by atoms with E-state index in [0.29, 0.717) is 0 Å². The fraction of sp³-hybridized carbons (Fsp3) is 0.0714. The van der Waals surface area contributed by atoms with Crippen LogP contribution < -0.4 is 10.5 Å². The van der Waals surface area contributed by atoms with Crippen LogP contribution in [0.15, 0.2) is 48.5 Å². The average Bonchev–Trinajstić information content (AvgIpc) is 2.44. The lowest BCUT2D eigenvalue weighted by Crippen LogP contribution is -2.00. The molecule has 0 atom stereocenters. The minimum Gasteiger partial charge on any atom is -0.473 e. The van der Waals surface area contributed by atoms with Crippen molar-refractivity contribution in [1.29, 1.82) is 0 Å². The molecule has 0 saturated carbocycles. The van der Waals surface area contributed by atoms with Gasteiger partial charge in [-0.05, 0) is 11.6 Å². The Morgan fingerprint density at radius 1 is 1.30 bits per heavy atom. The van der Waals surface area contributed by atoms with Crippen molar-refractivity contribution in [3.63, 3.8) is 0 Å². The fourth-order valence-corrected chi connectivity index (χ4v) is 1.57. The average molecular weight is 271 g/mol. The molecule has 20 heavy (non-hydrogen) atoms. The summed E-state index contributed by atoms with van der Waals surface area (Å²) in [5.41, 5.74) is 6.38. The molecule has 2 rings (SSSR count). The van der Waals surface area contributed by atoms with E-state index >= 15 is 0 Å². The van der Waals surface area contributed by atoms with E-state index in [0.717, 1.165) is 5.56 Å². The van der Waals surface area contributed by atoms with Gasteiger partial charge in [0, 0.05) is 0 Å². The second kappa shape index (κ2) is 6.33. The monoisotopic (exact) mass is 271 g/mol. The molecule has 0 radical (unpaired) electrons. The molecule has 1 aromatic carbocycles. The number of aromatic nitrogens is 1. The largest absolute Gasteiger partial charge is 0.473 e. The molecule has 1 aromatic heterocycles. The van der Waals surface area contributed by atoms with Crippen LogP contribution in [0.1, 0.15) is 5.56 Å². The molecule has 102 valence electrons. The fourth-order valence-electron chi connectivity index (χ4n) is 1.57. The van der Waals surface area contributed by atoms with Crippen molar-refractivity contribution in [2.45, 2.75) is 0 Å². The smallest absolute Gasteiger partial charge is 0.278 e. The lowest BCUT2D eigenvalue weighted by atomic mass is 10.2. The van der Waals surface area contributed by atoms with Gasteiger partial charge in [-0.1, -0.05) is 36.4 Å². The zero-order valence-electron chi connectivity index (χ0n) is 10.6. The van der Waals surface area contributed by atoms with Crippen molar-refractivity contribution in [1.82, 2.24) is 4.98 Å². The summed E-state index contributed by atoms with van der Waals surface area (Å²) >= 11 is 0. The molecule has 2 N–H and O–H groups in total. The van der Waals surface area contributed by atoms with E-state index < -0.39 is 4.92 Å². The van der Waals surface area contributed by atoms with Gasteiger partial charge in [-0.2, -0.15) is 4.98 Å². The predicted molar refractivity (Wildman–Crippen MR) is 76.3 cm³/mol. The second-order valence-corrected chi connectivity index (χ2v) is 3.97. The highest BCUT2D eigenvalue weighted by atomic mass is 16.6. The second-order valence-electron chi connectivity index (χ2n) is 3.97. The third-order valence-electron chi connectivity index (χ3n) is 2.45. The first-order chi connectivity index (χ1) is 9.65. The highest BCUT2D eigenvalue weighted by molar-refractivity contribution is 5.49. The van der Waals surface area contributed by atoms with Gasteiger partial charge < -0.3 is 10.5 Å². The normalized spacial score (nSPS) is 10.6. The van der Waals surface area contributed by atoms with E-state index in [1.54, 1.807) is 6.08 Å². The number of nitro groups is 1. The van der Waals surface area contributed by atoms with Crippen molar-refractivity contribution in [2.75, 3.05) is 12.3 Å². The Morgan fingerprint density at radius 3 is 2.75 bits per heavy atom. The molecule has 0 fully saturated rings. The van der Waals surface area contributed by atoms with Gasteiger partial charge in [0.2, 0.25) is 5.88 Å². The first-order valence-corrected chi connectivity index (χ1v) is 5.91. The first kappa shape index (κ1) is 13.5. The Morgan fingerprint density at radius 2 is 2.05 bits per heavy atom. The molecule has 2 aromatic rings. The number of rotatable bonds is 5. The summed E-state index contributed by atoms with van der Waals surface area (Å²) in [7, 11) is 0. The number of anilines is 1. The number of nitrogens with zero attached hydrogens (tertiary/aromatic N) is 2. The summed E-state index contributed by atoms with van der Waals surface area (Å²) in [6.07, 6.45) is 3.69. The Hall–Kier alpha value is -2.89. The standard InChI is InChI=1S/C14H13N3O3/c15-13-9-12(17(18)19)10-14(16-13)20-8-4-7-11-5-2-1-3-6-11/h1-7,9-10H,8H2,(H2,15,16)/b7-4+. The molecular weight excluding hydrogens is 258 g/mol. The van der Waals surface area contributed by atoms with Crippen molar-refractivity contribution in [3.05, 3.63) is 64.2 Å². The van der Waals surface area contributed by atoms with Gasteiger partial charge in [0.05, 0.1) is 17.1 Å². The van der Waals surface area contributed by atoms with Crippen LogP contribution in [-0.4, -0.2) is 16.5 Å². The van der Waals surface area contributed by atoms with E-state index in [1.807, 2.05) is 36.4 Å². The molecule has 0 amide bonds. The van der Waals surface area contributed by atoms with Gasteiger partial charge in [-0.15, -0.1) is 0 Å². The van der Waals surface area contributed by atoms with Crippen molar-refractivity contribution < 1.29 is 9.66 Å². The third-order valence-corrected chi connectivity index (χ3v) is 2.45. The van der Waals surface area contributed by atoms with Crippen LogP contribution in [0.2, 0.25) is 0 Å². The lowest BCUT2D eigenvalue weighted by Gasteiger charge is -2.03. The Balaban J connectivity index is 1.97. The molecule has 6 heteroatoms. The van der Waals surface area contributed by atoms with E-state index in [1.165, 1.54) is 12.1 Å². The summed E-state index contributed by atoms with van der Waals surface area (Å²) in [4.78, 5) is 14.0. The highest BCUT2D eigenvalue weighted by Crippen LogP contribution is 2.20. The number of nitrogen functional groups attached to an aromatic ring is 1. The van der Waals surface area contributed by atoms with Crippen molar-refractivity contribution in [2.24, 2.45) is 0 Å². The Labute approximate surface area is 115 Å². The zero-order chi connectivity index (χ0) is 14.4. The molecular formula is C14H13N3O3. The van der Waals surface area contributed by atoms with E-state index in [9.17, 15) is 10.1 Å². The van der Waals surface area contributed by atoms with Crippen LogP contribution in [0.4, 0.5) is 11.5 Å². The maximum absolute atomic E-state index is 10.7. The van der Waals surface area contributed by atoms with Gasteiger partial charge in [0.25, 0.3) is 5.69 Å². The third kappa shape index (κ3) is 3.81. The minimum absolute atomic E-state index is 0.0567. The molecule has 0 aliphatic carbocycles. The number of nitrogens with two attached hydrogens (primary N) is 1. The number of hydrogen-bond donors (Lipinski definition) is 1. The van der Waals surface area contributed by atoms with Gasteiger partial charge >= 0.3 is 0 Å². The number of hydrogen-bond acceptors (Lipinski definition) is 5. The van der Waals surface area contributed by atoms with E-state index in [-0.39, 0.29) is 24.0 Å². The quantitative estimate of drug-likeness (QED) is 0.666. The van der Waals surface area contributed by atoms with Crippen molar-refractivity contribution >= 4 is 17.6 Å². The van der Waals surface area contributed by atoms with Gasteiger partial charge in [0.15, 0.2) is 0 Å². The summed E-state index contributed by atoms with van der Waals surface area (Å²) < 4.78 is 5.32. The lowest BCUT2D eigenvalue weighted by molar-refractivity contribution is -0.384. The summed E-state index contributed by atoms with van der Waals surface area (Å²) in [5.74, 6) is 0.190. The summed E-state index contributed by atoms with van der Waals surface area (Å²) in [6.45, 7) is 0.252. The zero-order valence-corrected chi connectivity index (χ0v) is 10.6. The first-order valence-electron chi connectivity index (χ1n) is 5.91. The van der Waals surface area contributed by atoms with Gasteiger partial charge in [-0.3, -0.25) is 10.1 Å². The topological polar surface area (TPSA) is 91.3 Å². The molecule has 0 aliphatic heterocycles. The van der Waals surface area contributed by atoms with E-state index in [2.05, 4.69) is 4.98 Å². The number of benzene rings is 1. The number of ether oxygens (including phenoxy) is 1. The maximum Gasteiger partial charge on any atom is 0.278 e. The summed E-state index contributed by atoms with van der Waals surface area (Å²) in [5, 5.41) is 10.7.